The highest BCUT2D eigenvalue weighted by atomic mass is 19.1. The lowest BCUT2D eigenvalue weighted by Crippen LogP contribution is -2.22. The molecule has 1 atom stereocenters. The summed E-state index contributed by atoms with van der Waals surface area (Å²) in [5.41, 5.74) is -0.644. The van der Waals surface area contributed by atoms with Crippen LogP contribution in [0.2, 0.25) is 0 Å². The Morgan fingerprint density at radius 1 is 1.36 bits per heavy atom. The third-order valence-corrected chi connectivity index (χ3v) is 2.47. The zero-order valence-corrected chi connectivity index (χ0v) is 8.76. The van der Waals surface area contributed by atoms with E-state index in [0.29, 0.717) is 12.0 Å². The summed E-state index contributed by atoms with van der Waals surface area (Å²) in [5, 5.41) is 10.1. The molecule has 0 aliphatic carbocycles. The van der Waals surface area contributed by atoms with E-state index in [-0.39, 0.29) is 5.82 Å². The Bertz CT molecular complexity index is 294. The third-order valence-electron chi connectivity index (χ3n) is 2.47. The summed E-state index contributed by atoms with van der Waals surface area (Å²) >= 11 is 0. The predicted molar refractivity (Wildman–Crippen MR) is 55.5 cm³/mol. The molecular weight excluding hydrogens is 179 g/mol. The van der Waals surface area contributed by atoms with Gasteiger partial charge >= 0.3 is 0 Å². The van der Waals surface area contributed by atoms with Crippen molar-refractivity contribution in [1.82, 2.24) is 0 Å². The number of hydrogen-bond donors (Lipinski definition) is 1. The average molecular weight is 196 g/mol. The molecule has 0 saturated carbocycles. The third kappa shape index (κ3) is 2.55. The number of rotatable bonds is 4. The molecule has 2 heteroatoms. The Balaban J connectivity index is 2.86. The quantitative estimate of drug-likeness (QED) is 0.783. The van der Waals surface area contributed by atoms with Crippen molar-refractivity contribution in [3.63, 3.8) is 0 Å². The lowest BCUT2D eigenvalue weighted by Gasteiger charge is -2.24. The second-order valence-electron chi connectivity index (χ2n) is 3.86. The molecule has 0 aliphatic heterocycles. The summed E-state index contributed by atoms with van der Waals surface area (Å²) in [7, 11) is 0. The maximum Gasteiger partial charge on any atom is 0.129 e. The molecule has 1 aromatic carbocycles. The number of aliphatic hydroxyl groups is 1. The van der Waals surface area contributed by atoms with Crippen molar-refractivity contribution >= 4 is 0 Å². The summed E-state index contributed by atoms with van der Waals surface area (Å²) in [4.78, 5) is 0. The topological polar surface area (TPSA) is 20.2 Å². The molecule has 0 spiro atoms. The highest BCUT2D eigenvalue weighted by molar-refractivity contribution is 5.23. The number of benzene rings is 1. The molecule has 0 saturated heterocycles. The molecule has 1 N–H and O–H groups in total. The van der Waals surface area contributed by atoms with E-state index in [2.05, 4.69) is 6.92 Å². The maximum atomic E-state index is 13.4. The molecule has 0 aromatic heterocycles. The molecule has 0 amide bonds. The Hall–Kier alpha value is -0.890. The summed E-state index contributed by atoms with van der Waals surface area (Å²) < 4.78 is 13.4. The van der Waals surface area contributed by atoms with Crippen LogP contribution in [0, 0.1) is 5.82 Å². The van der Waals surface area contributed by atoms with Gasteiger partial charge in [0.1, 0.15) is 5.82 Å². The summed E-state index contributed by atoms with van der Waals surface area (Å²) in [5.74, 6) is -0.325. The van der Waals surface area contributed by atoms with E-state index < -0.39 is 5.60 Å². The molecule has 0 radical (unpaired) electrons. The van der Waals surface area contributed by atoms with Gasteiger partial charge in [-0.05, 0) is 19.4 Å². The molecule has 1 nitrogen and oxygen atoms in total. The maximum absolute atomic E-state index is 13.4. The first-order chi connectivity index (χ1) is 6.58. The fourth-order valence-corrected chi connectivity index (χ4v) is 1.55. The molecule has 14 heavy (non-hydrogen) atoms. The minimum atomic E-state index is -1.04. The van der Waals surface area contributed by atoms with Crippen molar-refractivity contribution < 1.29 is 9.50 Å². The fourth-order valence-electron chi connectivity index (χ4n) is 1.55. The van der Waals surface area contributed by atoms with Crippen LogP contribution in [0.25, 0.3) is 0 Å². The van der Waals surface area contributed by atoms with E-state index >= 15 is 0 Å². The normalized spacial score (nSPS) is 15.1. The van der Waals surface area contributed by atoms with Crippen LogP contribution in [0.4, 0.5) is 4.39 Å². The van der Waals surface area contributed by atoms with Crippen LogP contribution in [0.15, 0.2) is 24.3 Å². The van der Waals surface area contributed by atoms with Crippen molar-refractivity contribution in [1.29, 1.82) is 0 Å². The van der Waals surface area contributed by atoms with Gasteiger partial charge in [0, 0.05) is 5.56 Å². The number of unbranched alkanes of at least 4 members (excludes halogenated alkanes) is 1. The van der Waals surface area contributed by atoms with Crippen LogP contribution >= 0.6 is 0 Å². The van der Waals surface area contributed by atoms with Crippen molar-refractivity contribution in [2.75, 3.05) is 0 Å². The average Bonchev–Trinajstić information content (AvgIpc) is 2.15. The van der Waals surface area contributed by atoms with Crippen LogP contribution in [0.1, 0.15) is 38.7 Å². The Kier molecular flexibility index (Phi) is 3.64. The molecule has 0 bridgehead atoms. The molecule has 0 heterocycles. The minimum Gasteiger partial charge on any atom is -0.385 e. The molecule has 1 rings (SSSR count). The van der Waals surface area contributed by atoms with Crippen molar-refractivity contribution in [2.45, 2.75) is 38.7 Å². The van der Waals surface area contributed by atoms with Crippen LogP contribution in [-0.2, 0) is 5.60 Å². The number of halogens is 1. The zero-order chi connectivity index (χ0) is 10.6. The summed E-state index contributed by atoms with van der Waals surface area (Å²) in [6, 6.07) is 6.41. The van der Waals surface area contributed by atoms with Crippen molar-refractivity contribution in [3.8, 4) is 0 Å². The van der Waals surface area contributed by atoms with E-state index in [0.717, 1.165) is 12.8 Å². The molecule has 0 aliphatic rings. The van der Waals surface area contributed by atoms with Gasteiger partial charge in [-0.15, -0.1) is 0 Å². The predicted octanol–water partition coefficient (Wildman–Crippen LogP) is 3.22. The van der Waals surface area contributed by atoms with E-state index in [1.54, 1.807) is 25.1 Å². The largest absolute Gasteiger partial charge is 0.385 e. The van der Waals surface area contributed by atoms with Crippen molar-refractivity contribution in [3.05, 3.63) is 35.6 Å². The van der Waals surface area contributed by atoms with Crippen molar-refractivity contribution in [2.24, 2.45) is 0 Å². The second kappa shape index (κ2) is 4.56. The first-order valence-electron chi connectivity index (χ1n) is 5.05. The van der Waals surface area contributed by atoms with Crippen LogP contribution in [0.5, 0.6) is 0 Å². The van der Waals surface area contributed by atoms with Gasteiger partial charge in [0.2, 0.25) is 0 Å². The van der Waals surface area contributed by atoms with Gasteiger partial charge in [-0.1, -0.05) is 38.0 Å². The Morgan fingerprint density at radius 2 is 2.00 bits per heavy atom. The Labute approximate surface area is 84.6 Å². The van der Waals surface area contributed by atoms with Gasteiger partial charge in [-0.3, -0.25) is 0 Å². The van der Waals surface area contributed by atoms with E-state index in [9.17, 15) is 9.50 Å². The van der Waals surface area contributed by atoms with Gasteiger partial charge in [-0.25, -0.2) is 4.39 Å². The minimum absolute atomic E-state index is 0.325. The first-order valence-corrected chi connectivity index (χ1v) is 5.05. The standard InChI is InChI=1S/C12H17FO/c1-3-4-9-12(2,14)10-7-5-6-8-11(10)13/h5-8,14H,3-4,9H2,1-2H3. The molecule has 1 unspecified atom stereocenters. The molecule has 1 aromatic rings. The fraction of sp³-hybridized carbons (Fsp3) is 0.500. The Morgan fingerprint density at radius 3 is 2.57 bits per heavy atom. The molecular formula is C12H17FO. The van der Waals surface area contributed by atoms with Gasteiger partial charge in [-0.2, -0.15) is 0 Å². The number of hydrogen-bond acceptors (Lipinski definition) is 1. The van der Waals surface area contributed by atoms with E-state index in [4.69, 9.17) is 0 Å². The highest BCUT2D eigenvalue weighted by Crippen LogP contribution is 2.28. The lowest BCUT2D eigenvalue weighted by molar-refractivity contribution is 0.0417. The van der Waals surface area contributed by atoms with Gasteiger partial charge in [0.25, 0.3) is 0 Å². The van der Waals surface area contributed by atoms with Gasteiger partial charge in [0.05, 0.1) is 5.60 Å². The van der Waals surface area contributed by atoms with E-state index in [1.807, 2.05) is 0 Å². The van der Waals surface area contributed by atoms with Gasteiger partial charge < -0.3 is 5.11 Å². The zero-order valence-electron chi connectivity index (χ0n) is 8.76. The second-order valence-corrected chi connectivity index (χ2v) is 3.86. The van der Waals surface area contributed by atoms with Crippen LogP contribution < -0.4 is 0 Å². The smallest absolute Gasteiger partial charge is 0.129 e. The molecule has 0 fully saturated rings. The SMILES string of the molecule is CCCCC(C)(O)c1ccccc1F. The monoisotopic (exact) mass is 196 g/mol. The first kappa shape index (κ1) is 11.2. The van der Waals surface area contributed by atoms with Gasteiger partial charge in [0.15, 0.2) is 0 Å². The molecule has 78 valence electrons. The lowest BCUT2D eigenvalue weighted by atomic mass is 9.90. The van der Waals surface area contributed by atoms with Crippen LogP contribution in [0.3, 0.4) is 0 Å². The summed E-state index contributed by atoms with van der Waals surface area (Å²) in [6.45, 7) is 3.72. The van der Waals surface area contributed by atoms with Crippen LogP contribution in [-0.4, -0.2) is 5.11 Å². The highest BCUT2D eigenvalue weighted by Gasteiger charge is 2.24. The van der Waals surface area contributed by atoms with E-state index in [1.165, 1.54) is 6.07 Å². The summed E-state index contributed by atoms with van der Waals surface area (Å²) in [6.07, 6.45) is 2.51.